The van der Waals surface area contributed by atoms with E-state index in [1.54, 1.807) is 0 Å². The van der Waals surface area contributed by atoms with Crippen LogP contribution in [0.5, 0.6) is 0 Å². The first-order valence-electron chi connectivity index (χ1n) is 9.84. The molecule has 2 heterocycles. The second-order valence-corrected chi connectivity index (χ2v) is 9.19. The van der Waals surface area contributed by atoms with Gasteiger partial charge in [0, 0.05) is 24.7 Å². The molecule has 0 radical (unpaired) electrons. The van der Waals surface area contributed by atoms with E-state index in [2.05, 4.69) is 10.9 Å². The Kier molecular flexibility index (Phi) is 4.41. The number of hydrogen-bond acceptors (Lipinski definition) is 4. The first-order valence-corrected chi connectivity index (χ1v) is 9.84. The zero-order valence-electron chi connectivity index (χ0n) is 16.4. The molecule has 0 atom stereocenters. The van der Waals surface area contributed by atoms with Crippen LogP contribution in [-0.4, -0.2) is 44.6 Å². The summed E-state index contributed by atoms with van der Waals surface area (Å²) in [6.45, 7) is 7.34. The molecule has 2 aromatic rings. The van der Waals surface area contributed by atoms with Gasteiger partial charge in [0.25, 0.3) is 0 Å². The number of rotatable bonds is 2. The SMILES string of the molecule is CC(C)(C)OC(=O)N1CCC2(CC1)CC(n1cc3cc(CO)ccc3n1)C2. The van der Waals surface area contributed by atoms with E-state index in [1.165, 1.54) is 0 Å². The lowest BCUT2D eigenvalue weighted by Crippen LogP contribution is -2.50. The Bertz CT molecular complexity index is 836. The first-order chi connectivity index (χ1) is 12.8. The lowest BCUT2D eigenvalue weighted by atomic mass is 9.60. The first kappa shape index (κ1) is 18.3. The number of aliphatic hydroxyl groups excluding tert-OH is 1. The number of piperidine rings is 1. The van der Waals surface area contributed by atoms with E-state index < -0.39 is 5.60 Å². The number of benzene rings is 1. The molecule has 1 aliphatic carbocycles. The summed E-state index contributed by atoms with van der Waals surface area (Å²) in [4.78, 5) is 14.1. The maximum absolute atomic E-state index is 12.2. The molecule has 0 bridgehead atoms. The molecule has 146 valence electrons. The van der Waals surface area contributed by atoms with Crippen molar-refractivity contribution in [3.05, 3.63) is 30.0 Å². The van der Waals surface area contributed by atoms with Crippen LogP contribution in [0.25, 0.3) is 10.9 Å². The van der Waals surface area contributed by atoms with E-state index in [1.807, 2.05) is 43.9 Å². The van der Waals surface area contributed by atoms with E-state index in [-0.39, 0.29) is 12.7 Å². The van der Waals surface area contributed by atoms with Crippen LogP contribution >= 0.6 is 0 Å². The Hall–Kier alpha value is -2.08. The molecule has 2 fully saturated rings. The summed E-state index contributed by atoms with van der Waals surface area (Å²) in [5, 5.41) is 15.1. The summed E-state index contributed by atoms with van der Waals surface area (Å²) in [5.41, 5.74) is 1.80. The standard InChI is InChI=1S/C21H29N3O3/c1-20(2,3)27-19(26)23-8-6-21(7-9-23)11-17(12-21)24-13-16-10-15(14-25)4-5-18(16)22-24/h4-5,10,13,17,25H,6-9,11-12,14H2,1-3H3. The summed E-state index contributed by atoms with van der Waals surface area (Å²) >= 11 is 0. The van der Waals surface area contributed by atoms with Crippen LogP contribution in [-0.2, 0) is 11.3 Å². The van der Waals surface area contributed by atoms with Crippen molar-refractivity contribution in [2.45, 2.75) is 64.7 Å². The molecule has 1 amide bonds. The van der Waals surface area contributed by atoms with Gasteiger partial charge in [-0.05, 0) is 69.6 Å². The van der Waals surface area contributed by atoms with Crippen molar-refractivity contribution in [2.24, 2.45) is 5.41 Å². The van der Waals surface area contributed by atoms with E-state index in [0.29, 0.717) is 11.5 Å². The topological polar surface area (TPSA) is 67.6 Å². The van der Waals surface area contributed by atoms with Crippen LogP contribution in [0.1, 0.15) is 58.1 Å². The molecule has 4 rings (SSSR count). The molecule has 6 heteroatoms. The summed E-state index contributed by atoms with van der Waals surface area (Å²) in [6.07, 6.45) is 6.23. The number of carbonyl (C=O) groups excluding carboxylic acids is 1. The summed E-state index contributed by atoms with van der Waals surface area (Å²) in [7, 11) is 0. The lowest BCUT2D eigenvalue weighted by Gasteiger charge is -2.52. The molecule has 1 N–H and O–H groups in total. The average molecular weight is 371 g/mol. The van der Waals surface area contributed by atoms with Gasteiger partial charge >= 0.3 is 6.09 Å². The van der Waals surface area contributed by atoms with Crippen molar-refractivity contribution in [1.82, 2.24) is 14.7 Å². The summed E-state index contributed by atoms with van der Waals surface area (Å²) in [6, 6.07) is 6.34. The Morgan fingerprint density at radius 3 is 2.63 bits per heavy atom. The van der Waals surface area contributed by atoms with Crippen LogP contribution in [0.2, 0.25) is 0 Å². The molecule has 1 saturated heterocycles. The highest BCUT2D eigenvalue weighted by atomic mass is 16.6. The normalized spacial score (nSPS) is 20.1. The minimum absolute atomic E-state index is 0.0573. The average Bonchev–Trinajstić information content (AvgIpc) is 3.00. The van der Waals surface area contributed by atoms with E-state index in [0.717, 1.165) is 55.2 Å². The van der Waals surface area contributed by atoms with Gasteiger partial charge in [0.1, 0.15) is 5.60 Å². The van der Waals surface area contributed by atoms with Gasteiger partial charge in [-0.1, -0.05) is 6.07 Å². The lowest BCUT2D eigenvalue weighted by molar-refractivity contribution is -0.0257. The Morgan fingerprint density at radius 2 is 2.00 bits per heavy atom. The van der Waals surface area contributed by atoms with Gasteiger partial charge in [-0.25, -0.2) is 4.79 Å². The third-order valence-corrected chi connectivity index (χ3v) is 5.96. The van der Waals surface area contributed by atoms with Gasteiger partial charge in [0.15, 0.2) is 0 Å². The third kappa shape index (κ3) is 3.68. The highest BCUT2D eigenvalue weighted by Gasteiger charge is 2.47. The van der Waals surface area contributed by atoms with Crippen molar-refractivity contribution in [1.29, 1.82) is 0 Å². The predicted molar refractivity (Wildman–Crippen MR) is 103 cm³/mol. The third-order valence-electron chi connectivity index (χ3n) is 5.96. The van der Waals surface area contributed by atoms with Crippen molar-refractivity contribution in [2.75, 3.05) is 13.1 Å². The molecular weight excluding hydrogens is 342 g/mol. The molecule has 1 spiro atoms. The van der Waals surface area contributed by atoms with Gasteiger partial charge in [-0.2, -0.15) is 5.10 Å². The van der Waals surface area contributed by atoms with E-state index >= 15 is 0 Å². The largest absolute Gasteiger partial charge is 0.444 e. The zero-order valence-corrected chi connectivity index (χ0v) is 16.4. The highest BCUT2D eigenvalue weighted by Crippen LogP contribution is 2.54. The monoisotopic (exact) mass is 371 g/mol. The van der Waals surface area contributed by atoms with Crippen molar-refractivity contribution in [3.8, 4) is 0 Å². The predicted octanol–water partition coefficient (Wildman–Crippen LogP) is 3.88. The molecule has 2 aliphatic rings. The van der Waals surface area contributed by atoms with Crippen LogP contribution in [0.4, 0.5) is 4.79 Å². The number of nitrogens with zero attached hydrogens (tertiary/aromatic N) is 3. The van der Waals surface area contributed by atoms with Gasteiger partial charge in [0.05, 0.1) is 18.2 Å². The molecule has 1 aromatic heterocycles. The number of ether oxygens (including phenoxy) is 1. The van der Waals surface area contributed by atoms with Crippen molar-refractivity contribution < 1.29 is 14.6 Å². The summed E-state index contributed by atoms with van der Waals surface area (Å²) in [5.74, 6) is 0. The van der Waals surface area contributed by atoms with Crippen molar-refractivity contribution in [3.63, 3.8) is 0 Å². The Labute approximate surface area is 160 Å². The molecule has 0 unspecified atom stereocenters. The molecule has 1 aromatic carbocycles. The van der Waals surface area contributed by atoms with Gasteiger partial charge in [-0.3, -0.25) is 4.68 Å². The minimum atomic E-state index is -0.439. The fourth-order valence-electron chi connectivity index (χ4n) is 4.40. The smallest absolute Gasteiger partial charge is 0.410 e. The van der Waals surface area contributed by atoms with Gasteiger partial charge in [0.2, 0.25) is 0 Å². The second kappa shape index (κ2) is 6.51. The number of amides is 1. The number of aromatic nitrogens is 2. The maximum Gasteiger partial charge on any atom is 0.410 e. The number of carbonyl (C=O) groups is 1. The molecule has 27 heavy (non-hydrogen) atoms. The van der Waals surface area contributed by atoms with Crippen LogP contribution in [0.15, 0.2) is 24.4 Å². The molecule has 6 nitrogen and oxygen atoms in total. The quantitative estimate of drug-likeness (QED) is 0.870. The van der Waals surface area contributed by atoms with Crippen LogP contribution < -0.4 is 0 Å². The highest BCUT2D eigenvalue weighted by molar-refractivity contribution is 5.78. The fourth-order valence-corrected chi connectivity index (χ4v) is 4.40. The van der Waals surface area contributed by atoms with E-state index in [9.17, 15) is 9.90 Å². The van der Waals surface area contributed by atoms with Gasteiger partial charge in [-0.15, -0.1) is 0 Å². The second-order valence-electron chi connectivity index (χ2n) is 9.19. The van der Waals surface area contributed by atoms with Crippen LogP contribution in [0.3, 0.4) is 0 Å². The minimum Gasteiger partial charge on any atom is -0.444 e. The molecular formula is C21H29N3O3. The van der Waals surface area contributed by atoms with E-state index in [4.69, 9.17) is 9.84 Å². The maximum atomic E-state index is 12.2. The van der Waals surface area contributed by atoms with Crippen LogP contribution in [0, 0.1) is 5.41 Å². The Balaban J connectivity index is 1.35. The zero-order chi connectivity index (χ0) is 19.2. The number of hydrogen-bond donors (Lipinski definition) is 1. The Morgan fingerprint density at radius 1 is 1.30 bits per heavy atom. The number of aliphatic hydroxyl groups is 1. The number of fused-ring (bicyclic) bond motifs is 1. The summed E-state index contributed by atoms with van der Waals surface area (Å²) < 4.78 is 7.59. The molecule has 1 aliphatic heterocycles. The molecule has 1 saturated carbocycles. The van der Waals surface area contributed by atoms with Crippen molar-refractivity contribution >= 4 is 17.0 Å². The van der Waals surface area contributed by atoms with Gasteiger partial charge < -0.3 is 14.7 Å². The fraction of sp³-hybridized carbons (Fsp3) is 0.619. The number of likely N-dealkylation sites (tertiary alicyclic amines) is 1.